The van der Waals surface area contributed by atoms with Crippen LogP contribution in [-0.2, 0) is 0 Å². The number of fused-ring (bicyclic) bond motifs is 5. The molecule has 166 valence electrons. The summed E-state index contributed by atoms with van der Waals surface area (Å²) in [5, 5.41) is 0. The highest BCUT2D eigenvalue weighted by Gasteiger charge is 2.61. The van der Waals surface area contributed by atoms with E-state index in [4.69, 9.17) is 0 Å². The molecule has 0 aromatic rings. The van der Waals surface area contributed by atoms with Gasteiger partial charge in [-0.05, 0) is 104 Å². The van der Waals surface area contributed by atoms with E-state index in [0.717, 1.165) is 29.6 Å². The van der Waals surface area contributed by atoms with E-state index in [1.54, 1.807) is 0 Å². The topological polar surface area (TPSA) is 0 Å². The second-order valence-corrected chi connectivity index (χ2v) is 13.0. The Kier molecular flexibility index (Phi) is 6.07. The fourth-order valence-electron chi connectivity index (χ4n) is 8.92. The second kappa shape index (κ2) is 8.02. The van der Waals surface area contributed by atoms with E-state index in [1.165, 1.54) is 83.5 Å². The summed E-state index contributed by atoms with van der Waals surface area (Å²) in [6.07, 6.45) is 21.8. The Morgan fingerprint density at radius 3 is 2.45 bits per heavy atom. The molecule has 0 aliphatic heterocycles. The van der Waals surface area contributed by atoms with Gasteiger partial charge in [0, 0.05) is 0 Å². The van der Waals surface area contributed by atoms with Crippen molar-refractivity contribution in [1.82, 2.24) is 0 Å². The molecule has 0 bridgehead atoms. The maximum absolute atomic E-state index is 2.77. The Balaban J connectivity index is 1.49. The molecule has 0 aromatic carbocycles. The normalized spacial score (nSPS) is 46.8. The molecule has 0 aromatic heterocycles. The summed E-state index contributed by atoms with van der Waals surface area (Å²) in [7, 11) is 0. The minimum atomic E-state index is 0.548. The Labute approximate surface area is 182 Å². The summed E-state index contributed by atoms with van der Waals surface area (Å²) in [5.74, 6) is 4.81. The second-order valence-electron chi connectivity index (χ2n) is 13.0. The molecular weight excluding hydrogens is 348 g/mol. The van der Waals surface area contributed by atoms with Crippen LogP contribution in [0.2, 0.25) is 0 Å². The van der Waals surface area contributed by atoms with Crippen molar-refractivity contribution in [3.05, 3.63) is 11.6 Å². The lowest BCUT2D eigenvalue weighted by molar-refractivity contribution is -0.0721. The van der Waals surface area contributed by atoms with Crippen LogP contribution >= 0.6 is 0 Å². The van der Waals surface area contributed by atoms with Crippen LogP contribution in [0, 0.1) is 45.8 Å². The van der Waals surface area contributed by atoms with Crippen LogP contribution in [0.5, 0.6) is 0 Å². The standard InChI is InChI=1S/C29H50/c1-7-22-13-18-28(5)23(20-22)11-12-24-25(28)15-19-29(6)26(24)14-17-27(29,4)16-9-8-10-21(2)3/h11,21-22,24-26H,7-10,12-20H2,1-6H3. The van der Waals surface area contributed by atoms with Gasteiger partial charge >= 0.3 is 0 Å². The average Bonchev–Trinajstić information content (AvgIpc) is 2.96. The van der Waals surface area contributed by atoms with Crippen molar-refractivity contribution in [2.45, 2.75) is 125 Å². The minimum Gasteiger partial charge on any atom is -0.0845 e. The van der Waals surface area contributed by atoms with Crippen molar-refractivity contribution in [2.75, 3.05) is 0 Å². The zero-order chi connectivity index (χ0) is 20.9. The maximum Gasteiger partial charge on any atom is -0.00851 e. The molecule has 7 atom stereocenters. The average molecular weight is 399 g/mol. The minimum absolute atomic E-state index is 0.548. The largest absolute Gasteiger partial charge is 0.0845 e. The quantitative estimate of drug-likeness (QED) is 0.309. The van der Waals surface area contributed by atoms with E-state index >= 15 is 0 Å². The summed E-state index contributed by atoms with van der Waals surface area (Å²) < 4.78 is 0. The van der Waals surface area contributed by atoms with E-state index < -0.39 is 0 Å². The van der Waals surface area contributed by atoms with Gasteiger partial charge in [0.2, 0.25) is 0 Å². The van der Waals surface area contributed by atoms with Crippen molar-refractivity contribution < 1.29 is 0 Å². The lowest BCUT2D eigenvalue weighted by Crippen LogP contribution is -2.51. The van der Waals surface area contributed by atoms with Crippen molar-refractivity contribution in [3.63, 3.8) is 0 Å². The molecule has 0 spiro atoms. The third-order valence-corrected chi connectivity index (χ3v) is 11.3. The van der Waals surface area contributed by atoms with Crippen LogP contribution in [0.25, 0.3) is 0 Å². The molecule has 4 rings (SSSR count). The van der Waals surface area contributed by atoms with E-state index in [9.17, 15) is 0 Å². The highest BCUT2D eigenvalue weighted by atomic mass is 14.7. The number of unbranched alkanes of at least 4 members (excludes halogenated alkanes) is 1. The molecule has 3 fully saturated rings. The number of rotatable bonds is 6. The lowest BCUT2D eigenvalue weighted by Gasteiger charge is -2.60. The predicted octanol–water partition coefficient (Wildman–Crippen LogP) is 9.20. The summed E-state index contributed by atoms with van der Waals surface area (Å²) in [6, 6.07) is 0. The van der Waals surface area contributed by atoms with Crippen molar-refractivity contribution in [1.29, 1.82) is 0 Å². The SMILES string of the molecule is CCC1CCC2(C)C(=CCC3C2CCC2(C)C3CCC2(C)CCCCC(C)C)C1. The van der Waals surface area contributed by atoms with Crippen molar-refractivity contribution in [2.24, 2.45) is 45.8 Å². The molecule has 0 amide bonds. The highest BCUT2D eigenvalue weighted by molar-refractivity contribution is 5.25. The zero-order valence-electron chi connectivity index (χ0n) is 20.7. The maximum atomic E-state index is 2.77. The van der Waals surface area contributed by atoms with Gasteiger partial charge in [0.05, 0.1) is 0 Å². The van der Waals surface area contributed by atoms with Crippen LogP contribution in [0.15, 0.2) is 11.6 Å². The van der Waals surface area contributed by atoms with Crippen LogP contribution in [0.3, 0.4) is 0 Å². The molecule has 7 unspecified atom stereocenters. The summed E-state index contributed by atoms with van der Waals surface area (Å²) in [4.78, 5) is 0. The first-order valence-electron chi connectivity index (χ1n) is 13.4. The van der Waals surface area contributed by atoms with Crippen molar-refractivity contribution >= 4 is 0 Å². The van der Waals surface area contributed by atoms with Crippen LogP contribution in [-0.4, -0.2) is 0 Å². The monoisotopic (exact) mass is 398 g/mol. The van der Waals surface area contributed by atoms with Gasteiger partial charge in [0.15, 0.2) is 0 Å². The summed E-state index contributed by atoms with van der Waals surface area (Å²) >= 11 is 0. The molecule has 0 heteroatoms. The van der Waals surface area contributed by atoms with Gasteiger partial charge in [-0.2, -0.15) is 0 Å². The van der Waals surface area contributed by atoms with Gasteiger partial charge < -0.3 is 0 Å². The molecule has 4 aliphatic carbocycles. The highest BCUT2D eigenvalue weighted by Crippen LogP contribution is 2.70. The molecular formula is C29H50. The first kappa shape index (κ1) is 22.0. The van der Waals surface area contributed by atoms with E-state index in [0.29, 0.717) is 16.2 Å². The van der Waals surface area contributed by atoms with Crippen LogP contribution in [0.1, 0.15) is 125 Å². The lowest BCUT2D eigenvalue weighted by atomic mass is 9.45. The van der Waals surface area contributed by atoms with Gasteiger partial charge in [-0.3, -0.25) is 0 Å². The van der Waals surface area contributed by atoms with E-state index in [-0.39, 0.29) is 0 Å². The van der Waals surface area contributed by atoms with Gasteiger partial charge in [-0.15, -0.1) is 0 Å². The molecule has 4 aliphatic rings. The van der Waals surface area contributed by atoms with Gasteiger partial charge in [0.25, 0.3) is 0 Å². The van der Waals surface area contributed by atoms with Gasteiger partial charge in [-0.1, -0.05) is 78.9 Å². The van der Waals surface area contributed by atoms with E-state index in [2.05, 4.69) is 47.6 Å². The van der Waals surface area contributed by atoms with Gasteiger partial charge in [0.1, 0.15) is 0 Å². The zero-order valence-corrected chi connectivity index (χ0v) is 20.7. The summed E-state index contributed by atoms with van der Waals surface area (Å²) in [5.41, 5.74) is 3.64. The fraction of sp³-hybridized carbons (Fsp3) is 0.931. The number of hydrogen-bond acceptors (Lipinski definition) is 0. The Morgan fingerprint density at radius 2 is 1.72 bits per heavy atom. The molecule has 0 saturated heterocycles. The number of hydrogen-bond donors (Lipinski definition) is 0. The van der Waals surface area contributed by atoms with Crippen molar-refractivity contribution in [3.8, 4) is 0 Å². The predicted molar refractivity (Wildman–Crippen MR) is 127 cm³/mol. The first-order chi connectivity index (χ1) is 13.7. The van der Waals surface area contributed by atoms with Crippen LogP contribution in [0.4, 0.5) is 0 Å². The molecule has 0 heterocycles. The third kappa shape index (κ3) is 3.57. The smallest absolute Gasteiger partial charge is 0.00851 e. The Bertz CT molecular complexity index is 614. The van der Waals surface area contributed by atoms with E-state index in [1.807, 2.05) is 5.57 Å². The van der Waals surface area contributed by atoms with Gasteiger partial charge in [-0.25, -0.2) is 0 Å². The van der Waals surface area contributed by atoms with Crippen LogP contribution < -0.4 is 0 Å². The number of allylic oxidation sites excluding steroid dienone is 2. The summed E-state index contributed by atoms with van der Waals surface area (Å²) in [6.45, 7) is 15.3. The molecule has 0 radical (unpaired) electrons. The fourth-order valence-corrected chi connectivity index (χ4v) is 8.92. The molecule has 0 nitrogen and oxygen atoms in total. The molecule has 29 heavy (non-hydrogen) atoms. The third-order valence-electron chi connectivity index (χ3n) is 11.3. The first-order valence-corrected chi connectivity index (χ1v) is 13.4. The molecule has 3 saturated carbocycles. The Morgan fingerprint density at radius 1 is 0.966 bits per heavy atom. The Hall–Kier alpha value is -0.260. The molecule has 0 N–H and O–H groups in total.